The highest BCUT2D eigenvalue weighted by Gasteiger charge is 2.08. The maximum absolute atomic E-state index is 12.0. The lowest BCUT2D eigenvalue weighted by molar-refractivity contribution is 0.250. The van der Waals surface area contributed by atoms with Gasteiger partial charge in [0.05, 0.1) is 25.6 Å². The Morgan fingerprint density at radius 3 is 1.96 bits per heavy atom. The largest absolute Gasteiger partial charge is 0.467 e. The molecule has 3 aromatic rings. The molecule has 0 bridgehead atoms. The fraction of sp³-hybridized carbons (Fsp3) is 0.158. The van der Waals surface area contributed by atoms with Crippen molar-refractivity contribution in [3.05, 3.63) is 72.1 Å². The first-order valence-electron chi connectivity index (χ1n) is 8.35. The highest BCUT2D eigenvalue weighted by Crippen LogP contribution is 2.19. The van der Waals surface area contributed by atoms with E-state index < -0.39 is 0 Å². The highest BCUT2D eigenvalue weighted by atomic mass is 16.3. The molecule has 0 unspecified atom stereocenters. The van der Waals surface area contributed by atoms with E-state index in [4.69, 9.17) is 8.83 Å². The number of urea groups is 2. The van der Waals surface area contributed by atoms with Crippen LogP contribution in [0, 0.1) is 6.92 Å². The summed E-state index contributed by atoms with van der Waals surface area (Å²) in [7, 11) is 0. The summed E-state index contributed by atoms with van der Waals surface area (Å²) < 4.78 is 10.3. The monoisotopic (exact) mass is 368 g/mol. The van der Waals surface area contributed by atoms with Crippen LogP contribution >= 0.6 is 0 Å². The van der Waals surface area contributed by atoms with Crippen LogP contribution in [0.2, 0.25) is 0 Å². The normalized spacial score (nSPS) is 10.3. The lowest BCUT2D eigenvalue weighted by Gasteiger charge is -2.12. The van der Waals surface area contributed by atoms with Gasteiger partial charge in [-0.3, -0.25) is 0 Å². The molecule has 0 fully saturated rings. The van der Waals surface area contributed by atoms with Gasteiger partial charge in [0.15, 0.2) is 0 Å². The van der Waals surface area contributed by atoms with Crippen LogP contribution in [0.1, 0.15) is 17.1 Å². The summed E-state index contributed by atoms with van der Waals surface area (Å²) in [6.07, 6.45) is 3.10. The molecule has 0 atom stereocenters. The molecule has 0 radical (unpaired) electrons. The molecule has 4 N–H and O–H groups in total. The number of carbonyl (C=O) groups excluding carboxylic acids is 2. The standard InChI is InChI=1S/C19H20N4O4/c1-13-10-14(22-18(24)20-11-15-4-2-8-26-15)6-7-17(13)23-19(25)21-12-16-5-3-9-27-16/h2-10H,11-12H2,1H3,(H2,20,22,24)(H2,21,23,25). The van der Waals surface area contributed by atoms with Gasteiger partial charge in [-0.2, -0.15) is 0 Å². The maximum Gasteiger partial charge on any atom is 0.319 e. The summed E-state index contributed by atoms with van der Waals surface area (Å²) in [5, 5.41) is 10.9. The van der Waals surface area contributed by atoms with Gasteiger partial charge in [0.1, 0.15) is 11.5 Å². The minimum absolute atomic E-state index is 0.299. The number of benzene rings is 1. The van der Waals surface area contributed by atoms with Crippen molar-refractivity contribution in [3.63, 3.8) is 0 Å². The Bertz CT molecular complexity index is 889. The summed E-state index contributed by atoms with van der Waals surface area (Å²) in [6, 6.07) is 11.6. The van der Waals surface area contributed by atoms with Gasteiger partial charge in [0.2, 0.25) is 0 Å². The molecule has 4 amide bonds. The second-order valence-corrected chi connectivity index (χ2v) is 5.80. The average Bonchev–Trinajstić information content (AvgIpc) is 3.34. The third-order valence-electron chi connectivity index (χ3n) is 3.74. The minimum atomic E-state index is -0.345. The van der Waals surface area contributed by atoms with Crippen LogP contribution in [0.5, 0.6) is 0 Å². The molecule has 1 aromatic carbocycles. The molecule has 8 nitrogen and oxygen atoms in total. The highest BCUT2D eigenvalue weighted by molar-refractivity contribution is 5.92. The van der Waals surface area contributed by atoms with Gasteiger partial charge in [-0.05, 0) is 55.0 Å². The van der Waals surface area contributed by atoms with E-state index in [1.165, 1.54) is 0 Å². The Labute approximate surface area is 155 Å². The number of hydrogen-bond donors (Lipinski definition) is 4. The number of aryl methyl sites for hydroxylation is 1. The number of furan rings is 2. The van der Waals surface area contributed by atoms with E-state index in [0.29, 0.717) is 36.0 Å². The van der Waals surface area contributed by atoms with E-state index in [0.717, 1.165) is 5.56 Å². The molecule has 8 heteroatoms. The van der Waals surface area contributed by atoms with Gasteiger partial charge >= 0.3 is 12.1 Å². The summed E-state index contributed by atoms with van der Waals surface area (Å²) >= 11 is 0. The first-order valence-corrected chi connectivity index (χ1v) is 8.35. The molecular weight excluding hydrogens is 348 g/mol. The predicted molar refractivity (Wildman–Crippen MR) is 100 cm³/mol. The van der Waals surface area contributed by atoms with Gasteiger partial charge in [-0.15, -0.1) is 0 Å². The van der Waals surface area contributed by atoms with Crippen LogP contribution in [0.4, 0.5) is 21.0 Å². The molecular formula is C19H20N4O4. The molecule has 3 rings (SSSR count). The van der Waals surface area contributed by atoms with Crippen LogP contribution in [-0.4, -0.2) is 12.1 Å². The third-order valence-corrected chi connectivity index (χ3v) is 3.74. The second kappa shape index (κ2) is 8.61. The van der Waals surface area contributed by atoms with Crippen LogP contribution < -0.4 is 21.3 Å². The summed E-state index contributed by atoms with van der Waals surface area (Å²) in [4.78, 5) is 23.9. The second-order valence-electron chi connectivity index (χ2n) is 5.80. The molecule has 27 heavy (non-hydrogen) atoms. The smallest absolute Gasteiger partial charge is 0.319 e. The van der Waals surface area contributed by atoms with E-state index in [1.54, 1.807) is 55.0 Å². The van der Waals surface area contributed by atoms with Gasteiger partial charge in [-0.25, -0.2) is 9.59 Å². The Kier molecular flexibility index (Phi) is 5.78. The molecule has 2 aromatic heterocycles. The lowest BCUT2D eigenvalue weighted by Crippen LogP contribution is -2.29. The summed E-state index contributed by atoms with van der Waals surface area (Å²) in [6.45, 7) is 2.44. The van der Waals surface area contributed by atoms with E-state index >= 15 is 0 Å². The zero-order valence-corrected chi connectivity index (χ0v) is 14.7. The van der Waals surface area contributed by atoms with Crippen molar-refractivity contribution in [1.29, 1.82) is 0 Å². The van der Waals surface area contributed by atoms with Crippen molar-refractivity contribution < 1.29 is 18.4 Å². The van der Waals surface area contributed by atoms with E-state index in [1.807, 2.05) is 6.92 Å². The van der Waals surface area contributed by atoms with Crippen molar-refractivity contribution in [2.24, 2.45) is 0 Å². The van der Waals surface area contributed by atoms with Crippen molar-refractivity contribution in [1.82, 2.24) is 10.6 Å². The average molecular weight is 368 g/mol. The van der Waals surface area contributed by atoms with Gasteiger partial charge < -0.3 is 30.1 Å². The van der Waals surface area contributed by atoms with Gasteiger partial charge in [0, 0.05) is 11.4 Å². The number of nitrogens with one attached hydrogen (secondary N) is 4. The zero-order valence-electron chi connectivity index (χ0n) is 14.7. The topological polar surface area (TPSA) is 109 Å². The van der Waals surface area contributed by atoms with Crippen molar-refractivity contribution in [2.45, 2.75) is 20.0 Å². The SMILES string of the molecule is Cc1cc(NC(=O)NCc2ccco2)ccc1NC(=O)NCc1ccco1. The van der Waals surface area contributed by atoms with E-state index in [9.17, 15) is 9.59 Å². The van der Waals surface area contributed by atoms with Crippen LogP contribution in [-0.2, 0) is 13.1 Å². The van der Waals surface area contributed by atoms with Gasteiger partial charge in [0.25, 0.3) is 0 Å². The quantitative estimate of drug-likeness (QED) is 0.530. The molecule has 0 saturated carbocycles. The van der Waals surface area contributed by atoms with Crippen molar-refractivity contribution in [3.8, 4) is 0 Å². The summed E-state index contributed by atoms with van der Waals surface area (Å²) in [5.41, 5.74) is 2.08. The Morgan fingerprint density at radius 2 is 1.44 bits per heavy atom. The fourth-order valence-corrected chi connectivity index (χ4v) is 2.38. The van der Waals surface area contributed by atoms with Crippen molar-refractivity contribution in [2.75, 3.05) is 10.6 Å². The number of anilines is 2. The molecule has 0 aliphatic heterocycles. The lowest BCUT2D eigenvalue weighted by atomic mass is 10.2. The number of amides is 4. The van der Waals surface area contributed by atoms with E-state index in [-0.39, 0.29) is 12.1 Å². The van der Waals surface area contributed by atoms with Crippen LogP contribution in [0.25, 0.3) is 0 Å². The Hall–Kier alpha value is -3.68. The maximum atomic E-state index is 12.0. The van der Waals surface area contributed by atoms with Gasteiger partial charge in [-0.1, -0.05) is 0 Å². The predicted octanol–water partition coefficient (Wildman–Crippen LogP) is 3.82. The number of carbonyl (C=O) groups is 2. The Balaban J connectivity index is 1.48. The Morgan fingerprint density at radius 1 is 0.852 bits per heavy atom. The molecule has 0 aliphatic carbocycles. The minimum Gasteiger partial charge on any atom is -0.467 e. The van der Waals surface area contributed by atoms with Crippen LogP contribution in [0.3, 0.4) is 0 Å². The van der Waals surface area contributed by atoms with Crippen molar-refractivity contribution >= 4 is 23.4 Å². The zero-order chi connectivity index (χ0) is 19.1. The first kappa shape index (κ1) is 18.1. The van der Waals surface area contributed by atoms with E-state index in [2.05, 4.69) is 21.3 Å². The fourth-order valence-electron chi connectivity index (χ4n) is 2.38. The molecule has 0 spiro atoms. The number of rotatable bonds is 6. The summed E-state index contributed by atoms with van der Waals surface area (Å²) in [5.74, 6) is 1.34. The number of hydrogen-bond acceptors (Lipinski definition) is 4. The molecule has 0 saturated heterocycles. The first-order chi connectivity index (χ1) is 13.1. The molecule has 140 valence electrons. The molecule has 0 aliphatic rings. The third kappa shape index (κ3) is 5.40. The molecule has 2 heterocycles. The van der Waals surface area contributed by atoms with Crippen LogP contribution in [0.15, 0.2) is 63.8 Å².